The highest BCUT2D eigenvalue weighted by molar-refractivity contribution is 5.53. The van der Waals surface area contributed by atoms with E-state index in [9.17, 15) is 0 Å². The van der Waals surface area contributed by atoms with Crippen molar-refractivity contribution in [3.05, 3.63) is 48.2 Å². The molecule has 3 nitrogen and oxygen atoms in total. The Morgan fingerprint density at radius 3 is 1.85 bits per heavy atom. The third-order valence-corrected chi connectivity index (χ3v) is 8.61. The molecule has 1 aromatic carbocycles. The van der Waals surface area contributed by atoms with Gasteiger partial charge in [0.05, 0.1) is 18.3 Å². The fourth-order valence-corrected chi connectivity index (χ4v) is 5.29. The van der Waals surface area contributed by atoms with Gasteiger partial charge in [-0.3, -0.25) is 0 Å². The number of allylic oxidation sites excluding steroid dienone is 1. The monoisotopic (exact) mass is 553 g/mol. The van der Waals surface area contributed by atoms with Gasteiger partial charge in [0.15, 0.2) is 0 Å². The van der Waals surface area contributed by atoms with Crippen molar-refractivity contribution in [2.75, 3.05) is 5.32 Å². The first-order valence-corrected chi connectivity index (χ1v) is 15.8. The fourth-order valence-electron chi connectivity index (χ4n) is 5.29. The number of ether oxygens (including phenoxy) is 2. The molecule has 3 unspecified atom stereocenters. The highest BCUT2D eigenvalue weighted by Crippen LogP contribution is 2.37. The van der Waals surface area contributed by atoms with Gasteiger partial charge >= 0.3 is 0 Å². The second-order valence-electron chi connectivity index (χ2n) is 16.5. The van der Waals surface area contributed by atoms with Crippen molar-refractivity contribution < 1.29 is 9.47 Å². The van der Waals surface area contributed by atoms with Crippen LogP contribution in [0.25, 0.3) is 0 Å². The van der Waals surface area contributed by atoms with Crippen molar-refractivity contribution >= 4 is 5.69 Å². The Bertz CT molecular complexity index is 953. The van der Waals surface area contributed by atoms with E-state index in [1.54, 1.807) is 0 Å². The Morgan fingerprint density at radius 2 is 1.38 bits per heavy atom. The molecule has 0 amide bonds. The first kappa shape index (κ1) is 34.5. The molecule has 0 radical (unpaired) electrons. The van der Waals surface area contributed by atoms with Crippen molar-refractivity contribution in [2.45, 2.75) is 147 Å². The molecule has 0 saturated heterocycles. The Labute approximate surface area is 248 Å². The van der Waals surface area contributed by atoms with Gasteiger partial charge in [-0.05, 0) is 90.0 Å². The minimum Gasteiger partial charge on any atom is -0.490 e. The number of benzene rings is 1. The molecule has 2 rings (SSSR count). The molecule has 0 aliphatic heterocycles. The van der Waals surface area contributed by atoms with Gasteiger partial charge in [-0.1, -0.05) is 109 Å². The number of hydrogen-bond donors (Lipinski definition) is 1. The lowest BCUT2D eigenvalue weighted by Crippen LogP contribution is -2.33. The van der Waals surface area contributed by atoms with Crippen molar-refractivity contribution in [2.24, 2.45) is 27.6 Å². The van der Waals surface area contributed by atoms with Gasteiger partial charge in [-0.15, -0.1) is 0 Å². The van der Waals surface area contributed by atoms with Gasteiger partial charge in [-0.2, -0.15) is 0 Å². The van der Waals surface area contributed by atoms with Crippen LogP contribution in [0.1, 0.15) is 129 Å². The molecule has 0 bridgehead atoms. The van der Waals surface area contributed by atoms with Crippen LogP contribution < -0.4 is 10.1 Å². The maximum atomic E-state index is 6.71. The van der Waals surface area contributed by atoms with Gasteiger partial charge in [-0.25, -0.2) is 0 Å². The van der Waals surface area contributed by atoms with E-state index in [0.717, 1.165) is 55.7 Å². The molecule has 3 atom stereocenters. The van der Waals surface area contributed by atoms with Crippen molar-refractivity contribution in [1.29, 1.82) is 0 Å². The molecule has 0 heterocycles. The van der Waals surface area contributed by atoms with Crippen LogP contribution in [-0.2, 0) is 4.74 Å². The third kappa shape index (κ3) is 12.8. The lowest BCUT2D eigenvalue weighted by atomic mass is 9.74. The van der Waals surface area contributed by atoms with Crippen molar-refractivity contribution in [3.8, 4) is 5.75 Å². The minimum absolute atomic E-state index is 0.128. The van der Waals surface area contributed by atoms with Crippen LogP contribution in [0.4, 0.5) is 5.69 Å². The van der Waals surface area contributed by atoms with E-state index in [-0.39, 0.29) is 40.0 Å². The van der Waals surface area contributed by atoms with Crippen LogP contribution in [0.15, 0.2) is 48.2 Å². The molecule has 1 aliphatic rings. The average molecular weight is 554 g/mol. The molecule has 40 heavy (non-hydrogen) atoms. The quantitative estimate of drug-likeness (QED) is 0.248. The highest BCUT2D eigenvalue weighted by atomic mass is 16.5. The third-order valence-electron chi connectivity index (χ3n) is 8.61. The maximum absolute atomic E-state index is 6.71. The SMILES string of the molecule is CCC(C)(C)CC(CC(C)(C)C)Oc1ccc(NC2=CCC(OC(CC(C)(C)C)CC(C)(C)C(C)C)C=C2)cc1. The van der Waals surface area contributed by atoms with Gasteiger partial charge in [0.25, 0.3) is 0 Å². The molecule has 1 N–H and O–H groups in total. The zero-order valence-corrected chi connectivity index (χ0v) is 28.4. The van der Waals surface area contributed by atoms with Crippen LogP contribution in [0.3, 0.4) is 0 Å². The lowest BCUT2D eigenvalue weighted by Gasteiger charge is -2.37. The van der Waals surface area contributed by atoms with E-state index in [1.807, 2.05) is 0 Å². The molecule has 0 spiro atoms. The van der Waals surface area contributed by atoms with Crippen LogP contribution in [0, 0.1) is 27.6 Å². The normalized spacial score (nSPS) is 18.4. The maximum Gasteiger partial charge on any atom is 0.119 e. The Morgan fingerprint density at radius 1 is 0.800 bits per heavy atom. The summed E-state index contributed by atoms with van der Waals surface area (Å²) in [7, 11) is 0. The van der Waals surface area contributed by atoms with Crippen LogP contribution in [0.5, 0.6) is 5.75 Å². The Kier molecular flexibility index (Phi) is 12.0. The van der Waals surface area contributed by atoms with Crippen LogP contribution in [-0.4, -0.2) is 18.3 Å². The molecule has 3 heteroatoms. The molecular formula is C37H63NO2. The zero-order chi connectivity index (χ0) is 30.4. The molecule has 228 valence electrons. The summed E-state index contributed by atoms with van der Waals surface area (Å²) in [5, 5.41) is 3.58. The molecule has 0 fully saturated rings. The Balaban J connectivity index is 1.99. The van der Waals surface area contributed by atoms with Gasteiger partial charge in [0, 0.05) is 11.4 Å². The second kappa shape index (κ2) is 14.0. The van der Waals surface area contributed by atoms with E-state index in [2.05, 4.69) is 138 Å². The van der Waals surface area contributed by atoms with Gasteiger partial charge in [0.1, 0.15) is 5.75 Å². The fraction of sp³-hybridized carbons (Fsp3) is 0.730. The summed E-state index contributed by atoms with van der Waals surface area (Å²) >= 11 is 0. The first-order chi connectivity index (χ1) is 18.3. The van der Waals surface area contributed by atoms with E-state index in [0.29, 0.717) is 5.92 Å². The summed E-state index contributed by atoms with van der Waals surface area (Å²) < 4.78 is 13.2. The summed E-state index contributed by atoms with van der Waals surface area (Å²) in [5.74, 6) is 1.57. The predicted molar refractivity (Wildman–Crippen MR) is 175 cm³/mol. The summed E-state index contributed by atoms with van der Waals surface area (Å²) in [5.41, 5.74) is 3.20. The van der Waals surface area contributed by atoms with Gasteiger partial charge in [0.2, 0.25) is 0 Å². The molecule has 1 aliphatic carbocycles. The van der Waals surface area contributed by atoms with E-state index >= 15 is 0 Å². The highest BCUT2D eigenvalue weighted by Gasteiger charge is 2.31. The Hall–Kier alpha value is -1.74. The minimum atomic E-state index is 0.128. The lowest BCUT2D eigenvalue weighted by molar-refractivity contribution is -0.0370. The van der Waals surface area contributed by atoms with Crippen molar-refractivity contribution in [3.63, 3.8) is 0 Å². The number of hydrogen-bond acceptors (Lipinski definition) is 3. The predicted octanol–water partition coefficient (Wildman–Crippen LogP) is 11.2. The van der Waals surface area contributed by atoms with E-state index < -0.39 is 0 Å². The first-order valence-electron chi connectivity index (χ1n) is 15.8. The van der Waals surface area contributed by atoms with E-state index in [1.165, 1.54) is 0 Å². The summed E-state index contributed by atoms with van der Waals surface area (Å²) in [6.45, 7) is 30.2. The second-order valence-corrected chi connectivity index (χ2v) is 16.5. The standard InChI is InChI=1S/C37H63NO2/c1-14-36(10,11)25-32(23-34(4,5)6)39-30-19-15-28(16-20-30)38-29-17-21-31(22-18-29)40-33(24-35(7,8)9)26-37(12,13)27(2)3/h15-21,27,31-33,38H,14,22-26H2,1-13H3. The number of anilines is 1. The largest absolute Gasteiger partial charge is 0.490 e. The van der Waals surface area contributed by atoms with Crippen LogP contribution >= 0.6 is 0 Å². The molecule has 0 saturated carbocycles. The number of nitrogens with one attached hydrogen (secondary N) is 1. The summed E-state index contributed by atoms with van der Waals surface area (Å²) in [6.07, 6.45) is 13.6. The van der Waals surface area contributed by atoms with Gasteiger partial charge < -0.3 is 14.8 Å². The topological polar surface area (TPSA) is 30.5 Å². The zero-order valence-electron chi connectivity index (χ0n) is 28.4. The summed E-state index contributed by atoms with van der Waals surface area (Å²) in [4.78, 5) is 0. The summed E-state index contributed by atoms with van der Waals surface area (Å²) in [6, 6.07) is 8.45. The number of rotatable bonds is 14. The van der Waals surface area contributed by atoms with Crippen molar-refractivity contribution in [1.82, 2.24) is 0 Å². The van der Waals surface area contributed by atoms with E-state index in [4.69, 9.17) is 9.47 Å². The molecular weight excluding hydrogens is 490 g/mol. The smallest absolute Gasteiger partial charge is 0.119 e. The average Bonchev–Trinajstić information content (AvgIpc) is 2.79. The van der Waals surface area contributed by atoms with Crippen LogP contribution in [0.2, 0.25) is 0 Å². The molecule has 0 aromatic heterocycles. The molecule has 1 aromatic rings.